The van der Waals surface area contributed by atoms with Gasteiger partial charge in [0, 0.05) is 22.1 Å². The molecule has 138 valence electrons. The Hall–Kier alpha value is -3.64. The number of azide groups is 1. The molecule has 0 fully saturated rings. The summed E-state index contributed by atoms with van der Waals surface area (Å²) in [7, 11) is 1.43. The minimum atomic E-state index is -0.730. The number of benzene rings is 2. The van der Waals surface area contributed by atoms with Gasteiger partial charge in [-0.05, 0) is 35.8 Å². The highest BCUT2D eigenvalue weighted by Crippen LogP contribution is 2.30. The van der Waals surface area contributed by atoms with Crippen LogP contribution in [0.4, 0.5) is 11.5 Å². The minimum absolute atomic E-state index is 0.148. The molecular weight excluding hydrogens is 344 g/mol. The number of nitrogens with one attached hydrogen (secondary N) is 1. The van der Waals surface area contributed by atoms with E-state index in [-0.39, 0.29) is 11.3 Å². The van der Waals surface area contributed by atoms with Crippen molar-refractivity contribution in [1.29, 1.82) is 0 Å². The SMILES string of the molecule is CC.COc1cc2ncnc(Nc3ccc(C)cc3)c2cc1C(=O)N=[N+]=[N-]. The van der Waals surface area contributed by atoms with Crippen molar-refractivity contribution >= 4 is 28.3 Å². The van der Waals surface area contributed by atoms with Crippen LogP contribution in [0.2, 0.25) is 0 Å². The van der Waals surface area contributed by atoms with Crippen molar-refractivity contribution in [3.8, 4) is 5.75 Å². The van der Waals surface area contributed by atoms with Gasteiger partial charge in [0.2, 0.25) is 0 Å². The third-order valence-corrected chi connectivity index (χ3v) is 3.64. The largest absolute Gasteiger partial charge is 0.496 e. The monoisotopic (exact) mass is 364 g/mol. The Morgan fingerprint density at radius 2 is 1.89 bits per heavy atom. The molecule has 0 saturated carbocycles. The molecule has 0 saturated heterocycles. The molecule has 0 atom stereocenters. The Kier molecular flexibility index (Phi) is 6.68. The van der Waals surface area contributed by atoms with Crippen molar-refractivity contribution in [3.05, 3.63) is 64.3 Å². The molecule has 27 heavy (non-hydrogen) atoms. The number of aryl methyl sites for hydroxylation is 1. The maximum Gasteiger partial charge on any atom is 0.252 e. The molecule has 1 aromatic heterocycles. The first kappa shape index (κ1) is 19.7. The highest BCUT2D eigenvalue weighted by Gasteiger charge is 2.15. The van der Waals surface area contributed by atoms with Crippen molar-refractivity contribution < 1.29 is 9.53 Å². The molecule has 8 heteroatoms. The molecule has 0 aliphatic carbocycles. The van der Waals surface area contributed by atoms with Crippen LogP contribution in [0.1, 0.15) is 29.8 Å². The van der Waals surface area contributed by atoms with Gasteiger partial charge in [-0.25, -0.2) is 9.97 Å². The number of hydrogen-bond acceptors (Lipinski definition) is 5. The van der Waals surface area contributed by atoms with Gasteiger partial charge in [-0.15, -0.1) is 0 Å². The van der Waals surface area contributed by atoms with Gasteiger partial charge in [0.25, 0.3) is 5.91 Å². The Morgan fingerprint density at radius 3 is 2.52 bits per heavy atom. The quantitative estimate of drug-likeness (QED) is 0.390. The number of carbonyl (C=O) groups is 1. The maximum atomic E-state index is 12.0. The molecule has 3 rings (SSSR count). The number of fused-ring (bicyclic) bond motifs is 1. The Bertz CT molecular complexity index is 995. The van der Waals surface area contributed by atoms with E-state index in [1.165, 1.54) is 13.4 Å². The summed E-state index contributed by atoms with van der Waals surface area (Å²) in [5.41, 5.74) is 11.2. The van der Waals surface area contributed by atoms with Crippen LogP contribution in [0.25, 0.3) is 21.3 Å². The zero-order chi connectivity index (χ0) is 19.8. The average Bonchev–Trinajstić information content (AvgIpc) is 2.70. The zero-order valence-corrected chi connectivity index (χ0v) is 15.6. The fourth-order valence-corrected chi connectivity index (χ4v) is 2.39. The molecule has 0 spiro atoms. The van der Waals surface area contributed by atoms with E-state index in [2.05, 4.69) is 25.3 Å². The van der Waals surface area contributed by atoms with E-state index >= 15 is 0 Å². The maximum absolute atomic E-state index is 12.0. The van der Waals surface area contributed by atoms with Crippen molar-refractivity contribution in [3.63, 3.8) is 0 Å². The summed E-state index contributed by atoms with van der Waals surface area (Å²) in [5.74, 6) is 0.0859. The first-order valence-electron chi connectivity index (χ1n) is 8.38. The smallest absolute Gasteiger partial charge is 0.252 e. The highest BCUT2D eigenvalue weighted by molar-refractivity contribution is 6.03. The van der Waals surface area contributed by atoms with Gasteiger partial charge in [-0.1, -0.05) is 31.5 Å². The summed E-state index contributed by atoms with van der Waals surface area (Å²) in [6.45, 7) is 6.00. The van der Waals surface area contributed by atoms with E-state index < -0.39 is 5.91 Å². The van der Waals surface area contributed by atoms with Crippen molar-refractivity contribution in [2.75, 3.05) is 12.4 Å². The predicted octanol–water partition coefficient (Wildman–Crippen LogP) is 5.17. The van der Waals surface area contributed by atoms with Crippen LogP contribution < -0.4 is 10.1 Å². The second kappa shape index (κ2) is 9.17. The average molecular weight is 364 g/mol. The van der Waals surface area contributed by atoms with E-state index in [0.717, 1.165) is 11.3 Å². The number of aromatic nitrogens is 2. The fourth-order valence-electron chi connectivity index (χ4n) is 2.39. The second-order valence-corrected chi connectivity index (χ2v) is 5.28. The first-order chi connectivity index (χ1) is 13.1. The number of nitrogens with zero attached hydrogens (tertiary/aromatic N) is 5. The lowest BCUT2D eigenvalue weighted by atomic mass is 10.1. The van der Waals surface area contributed by atoms with Gasteiger partial charge < -0.3 is 10.1 Å². The van der Waals surface area contributed by atoms with Crippen LogP contribution in [-0.4, -0.2) is 23.0 Å². The van der Waals surface area contributed by atoms with E-state index in [4.69, 9.17) is 10.3 Å². The number of rotatable bonds is 4. The van der Waals surface area contributed by atoms with E-state index in [1.54, 1.807) is 12.1 Å². The minimum Gasteiger partial charge on any atom is -0.496 e. The number of amides is 1. The van der Waals surface area contributed by atoms with Gasteiger partial charge in [-0.2, -0.15) is 0 Å². The first-order valence-corrected chi connectivity index (χ1v) is 8.38. The number of ether oxygens (including phenoxy) is 1. The van der Waals surface area contributed by atoms with Crippen LogP contribution in [0.15, 0.2) is 47.8 Å². The fraction of sp³-hybridized carbons (Fsp3) is 0.211. The molecule has 8 nitrogen and oxygen atoms in total. The van der Waals surface area contributed by atoms with Gasteiger partial charge in [-0.3, -0.25) is 4.79 Å². The van der Waals surface area contributed by atoms with E-state index in [1.807, 2.05) is 45.0 Å². The number of methoxy groups -OCH3 is 1. The zero-order valence-electron chi connectivity index (χ0n) is 15.6. The highest BCUT2D eigenvalue weighted by atomic mass is 16.5. The molecule has 0 bridgehead atoms. The summed E-state index contributed by atoms with van der Waals surface area (Å²) in [4.78, 5) is 23.0. The third kappa shape index (κ3) is 4.50. The lowest BCUT2D eigenvalue weighted by molar-refractivity contribution is 0.0997. The molecule has 3 aromatic rings. The van der Waals surface area contributed by atoms with Crippen LogP contribution in [0.5, 0.6) is 5.75 Å². The lowest BCUT2D eigenvalue weighted by Gasteiger charge is -2.11. The third-order valence-electron chi connectivity index (χ3n) is 3.64. The standard InChI is InChI=1S/C17H14N6O2.C2H6/c1-10-3-5-11(6-4-10)21-16-12-7-13(17(24)22-23-18)15(25-2)8-14(12)19-9-20-16;1-2/h3-9H,1-2H3,(H,19,20,21);1-2H3. The van der Waals surface area contributed by atoms with Crippen molar-refractivity contribution in [2.24, 2.45) is 5.11 Å². The Balaban J connectivity index is 0.00000126. The lowest BCUT2D eigenvalue weighted by Crippen LogP contribution is -2.01. The van der Waals surface area contributed by atoms with Gasteiger partial charge in [0.05, 0.1) is 18.2 Å². The van der Waals surface area contributed by atoms with Gasteiger partial charge >= 0.3 is 0 Å². The van der Waals surface area contributed by atoms with E-state index in [0.29, 0.717) is 16.7 Å². The van der Waals surface area contributed by atoms with Crippen LogP contribution in [-0.2, 0) is 0 Å². The van der Waals surface area contributed by atoms with Crippen molar-refractivity contribution in [1.82, 2.24) is 9.97 Å². The normalized spacial score (nSPS) is 9.63. The molecule has 0 radical (unpaired) electrons. The van der Waals surface area contributed by atoms with Crippen LogP contribution >= 0.6 is 0 Å². The van der Waals surface area contributed by atoms with Gasteiger partial charge in [0.1, 0.15) is 17.9 Å². The molecule has 0 aliphatic rings. The van der Waals surface area contributed by atoms with Crippen molar-refractivity contribution in [2.45, 2.75) is 20.8 Å². The Labute approximate surface area is 156 Å². The number of hydrogen-bond donors (Lipinski definition) is 1. The van der Waals surface area contributed by atoms with Gasteiger partial charge in [0.15, 0.2) is 0 Å². The molecule has 2 aromatic carbocycles. The predicted molar refractivity (Wildman–Crippen MR) is 105 cm³/mol. The summed E-state index contributed by atoms with van der Waals surface area (Å²) < 4.78 is 5.21. The topological polar surface area (TPSA) is 113 Å². The summed E-state index contributed by atoms with van der Waals surface area (Å²) in [6.07, 6.45) is 1.42. The summed E-state index contributed by atoms with van der Waals surface area (Å²) in [5, 5.41) is 6.95. The summed E-state index contributed by atoms with van der Waals surface area (Å²) >= 11 is 0. The molecule has 1 heterocycles. The molecule has 0 aliphatic heterocycles. The van der Waals surface area contributed by atoms with Crippen LogP contribution in [0, 0.1) is 6.92 Å². The van der Waals surface area contributed by atoms with E-state index in [9.17, 15) is 4.79 Å². The number of carbonyl (C=O) groups excluding carboxylic acids is 1. The molecular formula is C19H20N6O2. The molecule has 0 unspecified atom stereocenters. The van der Waals surface area contributed by atoms with Crippen LogP contribution in [0.3, 0.4) is 0 Å². The number of anilines is 2. The second-order valence-electron chi connectivity index (χ2n) is 5.28. The summed E-state index contributed by atoms with van der Waals surface area (Å²) in [6, 6.07) is 11.0. The Morgan fingerprint density at radius 1 is 1.19 bits per heavy atom. The molecule has 1 amide bonds. The molecule has 1 N–H and O–H groups in total.